The van der Waals surface area contributed by atoms with Crippen molar-refractivity contribution in [1.29, 1.82) is 0 Å². The van der Waals surface area contributed by atoms with Crippen LogP contribution in [0.15, 0.2) is 42.1 Å². The van der Waals surface area contributed by atoms with Crippen molar-refractivity contribution in [2.24, 2.45) is 5.16 Å². The molecule has 0 fully saturated rings. The van der Waals surface area contributed by atoms with Crippen LogP contribution in [0.25, 0.3) is 0 Å². The summed E-state index contributed by atoms with van der Waals surface area (Å²) in [6.07, 6.45) is 1.69. The molecule has 0 unspecified atom stereocenters. The summed E-state index contributed by atoms with van der Waals surface area (Å²) in [5.41, 5.74) is 1.40. The van der Waals surface area contributed by atoms with Crippen molar-refractivity contribution < 1.29 is 14.4 Å². The highest BCUT2D eigenvalue weighted by molar-refractivity contribution is 14.1. The van der Waals surface area contributed by atoms with Crippen LogP contribution >= 0.6 is 22.6 Å². The van der Waals surface area contributed by atoms with Crippen molar-refractivity contribution >= 4 is 34.3 Å². The number of benzene rings is 1. The molecule has 0 aliphatic carbocycles. The van der Waals surface area contributed by atoms with Crippen molar-refractivity contribution in [3.63, 3.8) is 0 Å². The molecule has 0 aliphatic heterocycles. The van der Waals surface area contributed by atoms with Crippen LogP contribution in [0.3, 0.4) is 0 Å². The monoisotopic (exact) mass is 373 g/mol. The van der Waals surface area contributed by atoms with Gasteiger partial charge in [-0.05, 0) is 47.2 Å². The zero-order valence-electron chi connectivity index (χ0n) is 10.8. The molecule has 0 radical (unpaired) electrons. The molecule has 1 aromatic carbocycles. The van der Waals surface area contributed by atoms with E-state index in [1.165, 1.54) is 0 Å². The van der Waals surface area contributed by atoms with E-state index in [0.717, 1.165) is 9.13 Å². The van der Waals surface area contributed by atoms with E-state index in [-0.39, 0.29) is 12.4 Å². The van der Waals surface area contributed by atoms with E-state index in [0.29, 0.717) is 18.9 Å². The van der Waals surface area contributed by atoms with Crippen molar-refractivity contribution in [3.8, 4) is 0 Å². The van der Waals surface area contributed by atoms with Gasteiger partial charge >= 0.3 is 5.97 Å². The summed E-state index contributed by atoms with van der Waals surface area (Å²) in [7, 11) is 0. The van der Waals surface area contributed by atoms with Crippen molar-refractivity contribution in [1.82, 2.24) is 0 Å². The first-order chi connectivity index (χ1) is 9.17. The molecule has 0 saturated heterocycles. The van der Waals surface area contributed by atoms with Crippen LogP contribution in [0, 0.1) is 3.57 Å². The summed E-state index contributed by atoms with van der Waals surface area (Å²) >= 11 is 2.22. The minimum atomic E-state index is -0.318. The van der Waals surface area contributed by atoms with Crippen molar-refractivity contribution in [2.45, 2.75) is 13.3 Å². The molecule has 0 saturated carbocycles. The number of rotatable bonds is 7. The summed E-state index contributed by atoms with van der Waals surface area (Å²) < 4.78 is 6.04. The van der Waals surface area contributed by atoms with E-state index in [2.05, 4.69) is 34.3 Å². The number of hydrogen-bond acceptors (Lipinski definition) is 4. The Hall–Kier alpha value is -1.37. The molecule has 0 bridgehead atoms. The topological polar surface area (TPSA) is 47.9 Å². The van der Waals surface area contributed by atoms with Gasteiger partial charge in [-0.2, -0.15) is 0 Å². The number of halogens is 1. The summed E-state index contributed by atoms with van der Waals surface area (Å²) in [5.74, 6) is -0.318. The fourth-order valence-corrected chi connectivity index (χ4v) is 1.71. The fraction of sp³-hybridized carbons (Fsp3) is 0.286. The van der Waals surface area contributed by atoms with Gasteiger partial charge in [0.1, 0.15) is 6.61 Å². The number of nitrogens with zero attached hydrogens (tertiary/aromatic N) is 1. The molecule has 0 spiro atoms. The van der Waals surface area contributed by atoms with Crippen LogP contribution in [-0.4, -0.2) is 24.9 Å². The lowest BCUT2D eigenvalue weighted by Crippen LogP contribution is -2.13. The third-order valence-corrected chi connectivity index (χ3v) is 2.88. The van der Waals surface area contributed by atoms with Gasteiger partial charge in [0.05, 0.1) is 18.7 Å². The molecule has 0 atom stereocenters. The second kappa shape index (κ2) is 8.68. The first-order valence-corrected chi connectivity index (χ1v) is 6.96. The van der Waals surface area contributed by atoms with E-state index < -0.39 is 0 Å². The normalized spacial score (nSPS) is 10.9. The van der Waals surface area contributed by atoms with Gasteiger partial charge in [-0.3, -0.25) is 4.79 Å². The van der Waals surface area contributed by atoms with Gasteiger partial charge in [0.15, 0.2) is 0 Å². The highest BCUT2D eigenvalue weighted by Crippen LogP contribution is 2.10. The predicted octanol–water partition coefficient (Wildman–Crippen LogP) is 3.15. The highest BCUT2D eigenvalue weighted by atomic mass is 127. The van der Waals surface area contributed by atoms with Crippen molar-refractivity contribution in [2.75, 3.05) is 13.2 Å². The zero-order valence-corrected chi connectivity index (χ0v) is 12.9. The van der Waals surface area contributed by atoms with E-state index in [1.54, 1.807) is 13.0 Å². The Morgan fingerprint density at radius 2 is 2.11 bits per heavy atom. The summed E-state index contributed by atoms with van der Waals surface area (Å²) in [4.78, 5) is 16.6. The molecule has 0 N–H and O–H groups in total. The first-order valence-electron chi connectivity index (χ1n) is 5.88. The Bertz CT molecular complexity index is 454. The molecule has 5 heteroatoms. The average molecular weight is 373 g/mol. The molecular formula is C14H16INO3. The molecule has 19 heavy (non-hydrogen) atoms. The molecule has 4 nitrogen and oxygen atoms in total. The Morgan fingerprint density at radius 1 is 1.42 bits per heavy atom. The lowest BCUT2D eigenvalue weighted by Gasteiger charge is -2.06. The number of hydrogen-bond donors (Lipinski definition) is 0. The predicted molar refractivity (Wildman–Crippen MR) is 83.1 cm³/mol. The first kappa shape index (κ1) is 15.7. The molecule has 0 aliphatic rings. The third kappa shape index (κ3) is 5.87. The maximum Gasteiger partial charge on any atom is 0.312 e. The van der Waals surface area contributed by atoms with E-state index >= 15 is 0 Å². The minimum Gasteiger partial charge on any atom is -0.466 e. The quantitative estimate of drug-likeness (QED) is 0.184. The third-order valence-electron chi connectivity index (χ3n) is 2.16. The molecule has 102 valence electrons. The molecule has 0 heterocycles. The second-order valence-electron chi connectivity index (χ2n) is 3.61. The molecule has 1 rings (SSSR count). The van der Waals surface area contributed by atoms with Gasteiger partial charge in [0, 0.05) is 3.57 Å². The molecular weight excluding hydrogens is 357 g/mol. The molecule has 0 amide bonds. The van der Waals surface area contributed by atoms with E-state index in [4.69, 9.17) is 9.57 Å². The Kier molecular flexibility index (Phi) is 7.17. The van der Waals surface area contributed by atoms with Crippen LogP contribution in [-0.2, 0) is 14.4 Å². The van der Waals surface area contributed by atoms with Gasteiger partial charge in [0.25, 0.3) is 0 Å². The summed E-state index contributed by atoms with van der Waals surface area (Å²) in [6.45, 7) is 5.97. The smallest absolute Gasteiger partial charge is 0.312 e. The van der Waals surface area contributed by atoms with Crippen LogP contribution in [0.2, 0.25) is 0 Å². The van der Waals surface area contributed by atoms with Crippen LogP contribution in [0.5, 0.6) is 0 Å². The van der Waals surface area contributed by atoms with E-state index in [9.17, 15) is 4.79 Å². The number of ether oxygens (including phenoxy) is 1. The maximum absolute atomic E-state index is 11.5. The summed E-state index contributed by atoms with van der Waals surface area (Å²) in [6, 6.07) is 7.70. The van der Waals surface area contributed by atoms with Gasteiger partial charge in [-0.15, -0.1) is 0 Å². The molecule has 1 aromatic rings. The Labute approximate surface area is 126 Å². The standard InChI is InChI=1S/C14H16INO3/c1-3-9-19-16-13(10-14(17)18-4-2)11-5-7-12(15)8-6-11/h3,5-8H,1,4,9-10H2,2H3/b16-13+. The largest absolute Gasteiger partial charge is 0.466 e. The number of oxime groups is 1. The number of carbonyl (C=O) groups is 1. The number of carbonyl (C=O) groups excluding carboxylic acids is 1. The zero-order chi connectivity index (χ0) is 14.1. The van der Waals surface area contributed by atoms with E-state index in [1.807, 2.05) is 24.3 Å². The Balaban J connectivity index is 2.85. The fourth-order valence-electron chi connectivity index (χ4n) is 1.35. The number of esters is 1. The highest BCUT2D eigenvalue weighted by Gasteiger charge is 2.11. The second-order valence-corrected chi connectivity index (χ2v) is 4.86. The van der Waals surface area contributed by atoms with Gasteiger partial charge < -0.3 is 9.57 Å². The maximum atomic E-state index is 11.5. The lowest BCUT2D eigenvalue weighted by atomic mass is 10.1. The van der Waals surface area contributed by atoms with Gasteiger partial charge in [-0.25, -0.2) is 0 Å². The lowest BCUT2D eigenvalue weighted by molar-refractivity contribution is -0.141. The van der Waals surface area contributed by atoms with Crippen LogP contribution in [0.1, 0.15) is 18.9 Å². The average Bonchev–Trinajstić information content (AvgIpc) is 2.39. The van der Waals surface area contributed by atoms with Gasteiger partial charge in [-0.1, -0.05) is 29.9 Å². The molecule has 0 aromatic heterocycles. The van der Waals surface area contributed by atoms with Crippen LogP contribution < -0.4 is 0 Å². The van der Waals surface area contributed by atoms with Crippen LogP contribution in [0.4, 0.5) is 0 Å². The SMILES string of the molecule is C=CCO/N=C(\CC(=O)OCC)c1ccc(I)cc1. The summed E-state index contributed by atoms with van der Waals surface area (Å²) in [5, 5.41) is 3.98. The van der Waals surface area contributed by atoms with Gasteiger partial charge in [0.2, 0.25) is 0 Å². The Morgan fingerprint density at radius 3 is 2.68 bits per heavy atom. The minimum absolute atomic E-state index is 0.0889. The van der Waals surface area contributed by atoms with Crippen molar-refractivity contribution in [3.05, 3.63) is 46.1 Å².